The number of nitrogens with zero attached hydrogens (tertiary/aromatic N) is 2. The first kappa shape index (κ1) is 20.7. The molecule has 0 heterocycles. The maximum Gasteiger partial charge on any atom is 0.0167 e. The molecule has 0 aliphatic heterocycles. The van der Waals surface area contributed by atoms with Crippen LogP contribution in [0.15, 0.2) is 0 Å². The van der Waals surface area contributed by atoms with E-state index in [9.17, 15) is 0 Å². The molecule has 0 saturated carbocycles. The largest absolute Gasteiger partial charge is 0.330 e. The second-order valence-corrected chi connectivity index (χ2v) is 5.55. The van der Waals surface area contributed by atoms with Gasteiger partial charge in [-0.2, -0.15) is 0 Å². The van der Waals surface area contributed by atoms with E-state index >= 15 is 0 Å². The molecule has 0 fully saturated rings. The smallest absolute Gasteiger partial charge is 0.0167 e. The molecule has 0 rings (SSSR count). The molecule has 0 spiro atoms. The number of hydrogen-bond donors (Lipinski definition) is 5. The summed E-state index contributed by atoms with van der Waals surface area (Å²) in [6, 6.07) is 0.195. The molecule has 0 bridgehead atoms. The molecule has 128 valence electrons. The van der Waals surface area contributed by atoms with E-state index in [1.54, 1.807) is 0 Å². The Labute approximate surface area is 130 Å². The second kappa shape index (κ2) is 14.6. The maximum atomic E-state index is 6.19. The van der Waals surface area contributed by atoms with Crippen molar-refractivity contribution in [1.82, 2.24) is 9.80 Å². The topological polar surface area (TPSA) is 137 Å². The van der Waals surface area contributed by atoms with Crippen LogP contribution in [0.5, 0.6) is 0 Å². The third-order valence-corrected chi connectivity index (χ3v) is 3.59. The van der Waals surface area contributed by atoms with Crippen LogP contribution in [0.1, 0.15) is 19.3 Å². The van der Waals surface area contributed by atoms with Gasteiger partial charge >= 0.3 is 0 Å². The highest BCUT2D eigenvalue weighted by Gasteiger charge is 2.12. The molecule has 0 aromatic rings. The van der Waals surface area contributed by atoms with Crippen molar-refractivity contribution in [3.63, 3.8) is 0 Å². The summed E-state index contributed by atoms with van der Waals surface area (Å²) < 4.78 is 0. The minimum Gasteiger partial charge on any atom is -0.330 e. The molecule has 0 aromatic heterocycles. The number of hydrogen-bond acceptors (Lipinski definition) is 7. The van der Waals surface area contributed by atoms with Gasteiger partial charge < -0.3 is 28.7 Å². The van der Waals surface area contributed by atoms with Crippen LogP contribution in [0, 0.1) is 0 Å². The summed E-state index contributed by atoms with van der Waals surface area (Å²) in [6.07, 6.45) is 3.17. The van der Waals surface area contributed by atoms with Crippen molar-refractivity contribution in [3.05, 3.63) is 0 Å². The Balaban J connectivity index is 4.08. The predicted molar refractivity (Wildman–Crippen MR) is 90.9 cm³/mol. The van der Waals surface area contributed by atoms with E-state index < -0.39 is 0 Å². The van der Waals surface area contributed by atoms with Crippen molar-refractivity contribution < 1.29 is 0 Å². The predicted octanol–water partition coefficient (Wildman–Crippen LogP) is -2.08. The quantitative estimate of drug-likeness (QED) is 0.219. The molecule has 0 aliphatic carbocycles. The third kappa shape index (κ3) is 12.0. The zero-order chi connectivity index (χ0) is 15.9. The van der Waals surface area contributed by atoms with Crippen molar-refractivity contribution in [1.29, 1.82) is 0 Å². The van der Waals surface area contributed by atoms with Crippen LogP contribution >= 0.6 is 0 Å². The molecular formula is C14H37N7. The highest BCUT2D eigenvalue weighted by atomic mass is 15.2. The van der Waals surface area contributed by atoms with Crippen molar-refractivity contribution in [3.8, 4) is 0 Å². The van der Waals surface area contributed by atoms with Crippen LogP contribution in [0.25, 0.3) is 0 Å². The first-order valence-corrected chi connectivity index (χ1v) is 8.18. The SMILES string of the molecule is NCCCCC(N)CN(CCN)CCN(CCN)CCN. The first-order chi connectivity index (χ1) is 10.2. The van der Waals surface area contributed by atoms with Gasteiger partial charge in [-0.15, -0.1) is 0 Å². The minimum atomic E-state index is 0.195. The highest BCUT2D eigenvalue weighted by Crippen LogP contribution is 2.01. The van der Waals surface area contributed by atoms with Crippen molar-refractivity contribution in [2.24, 2.45) is 28.7 Å². The molecule has 10 N–H and O–H groups in total. The van der Waals surface area contributed by atoms with E-state index in [4.69, 9.17) is 28.7 Å². The Morgan fingerprint density at radius 1 is 0.619 bits per heavy atom. The van der Waals surface area contributed by atoms with E-state index in [1.165, 1.54) is 0 Å². The zero-order valence-electron chi connectivity index (χ0n) is 13.6. The summed E-state index contributed by atoms with van der Waals surface area (Å²) in [7, 11) is 0. The van der Waals surface area contributed by atoms with Gasteiger partial charge in [-0.25, -0.2) is 0 Å². The molecule has 21 heavy (non-hydrogen) atoms. The van der Waals surface area contributed by atoms with E-state index in [2.05, 4.69) is 9.80 Å². The lowest BCUT2D eigenvalue weighted by molar-refractivity contribution is 0.202. The molecule has 0 amide bonds. The molecule has 1 atom stereocenters. The Bertz CT molecular complexity index is 209. The fraction of sp³-hybridized carbons (Fsp3) is 1.00. The summed E-state index contributed by atoms with van der Waals surface area (Å²) in [5.41, 5.74) is 28.7. The van der Waals surface area contributed by atoms with Crippen LogP contribution < -0.4 is 28.7 Å². The Morgan fingerprint density at radius 2 is 1.14 bits per heavy atom. The lowest BCUT2D eigenvalue weighted by Crippen LogP contribution is -2.45. The number of nitrogens with two attached hydrogens (primary N) is 5. The second-order valence-electron chi connectivity index (χ2n) is 5.55. The van der Waals surface area contributed by atoms with Gasteiger partial charge in [-0.3, -0.25) is 9.80 Å². The molecule has 0 saturated heterocycles. The lowest BCUT2D eigenvalue weighted by Gasteiger charge is -2.28. The molecule has 7 nitrogen and oxygen atoms in total. The van der Waals surface area contributed by atoms with Gasteiger partial charge in [0.1, 0.15) is 0 Å². The van der Waals surface area contributed by atoms with Gasteiger partial charge in [-0.1, -0.05) is 6.42 Å². The summed E-state index contributed by atoms with van der Waals surface area (Å²) in [4.78, 5) is 4.64. The third-order valence-electron chi connectivity index (χ3n) is 3.59. The van der Waals surface area contributed by atoms with Crippen LogP contribution in [0.3, 0.4) is 0 Å². The van der Waals surface area contributed by atoms with Crippen LogP contribution in [-0.2, 0) is 0 Å². The van der Waals surface area contributed by atoms with Gasteiger partial charge in [0.05, 0.1) is 0 Å². The minimum absolute atomic E-state index is 0.195. The van der Waals surface area contributed by atoms with Gasteiger partial charge in [-0.05, 0) is 19.4 Å². The summed E-state index contributed by atoms with van der Waals surface area (Å²) >= 11 is 0. The molecule has 1 unspecified atom stereocenters. The van der Waals surface area contributed by atoms with Gasteiger partial charge in [0.15, 0.2) is 0 Å². The van der Waals surface area contributed by atoms with Crippen LogP contribution in [-0.4, -0.2) is 81.3 Å². The molecule has 7 heteroatoms. The van der Waals surface area contributed by atoms with Crippen LogP contribution in [0.2, 0.25) is 0 Å². The summed E-state index contributed by atoms with van der Waals surface area (Å²) in [5.74, 6) is 0. The standard InChI is InChI=1S/C14H37N7/c15-4-2-1-3-14(19)13-21(10-7-18)12-11-20(8-5-16)9-6-17/h14H,1-13,15-19H2. The maximum absolute atomic E-state index is 6.19. The van der Waals surface area contributed by atoms with Crippen molar-refractivity contribution in [2.45, 2.75) is 25.3 Å². The molecular weight excluding hydrogens is 266 g/mol. The summed E-state index contributed by atoms with van der Waals surface area (Å²) in [6.45, 7) is 8.18. The van der Waals surface area contributed by atoms with Gasteiger partial charge in [0.25, 0.3) is 0 Å². The fourth-order valence-electron chi connectivity index (χ4n) is 2.43. The zero-order valence-corrected chi connectivity index (χ0v) is 13.6. The Morgan fingerprint density at radius 3 is 1.67 bits per heavy atom. The molecule has 0 aromatic carbocycles. The van der Waals surface area contributed by atoms with E-state index in [0.29, 0.717) is 19.6 Å². The molecule has 0 radical (unpaired) electrons. The molecule has 0 aliphatic rings. The van der Waals surface area contributed by atoms with Crippen LogP contribution in [0.4, 0.5) is 0 Å². The average molecular weight is 303 g/mol. The van der Waals surface area contributed by atoms with E-state index in [0.717, 1.165) is 65.1 Å². The fourth-order valence-corrected chi connectivity index (χ4v) is 2.43. The first-order valence-electron chi connectivity index (χ1n) is 8.18. The van der Waals surface area contributed by atoms with Gasteiger partial charge in [0, 0.05) is 64.9 Å². The summed E-state index contributed by atoms with van der Waals surface area (Å²) in [5, 5.41) is 0. The number of rotatable bonds is 15. The van der Waals surface area contributed by atoms with Crippen molar-refractivity contribution in [2.75, 3.05) is 65.4 Å². The highest BCUT2D eigenvalue weighted by molar-refractivity contribution is 4.71. The lowest BCUT2D eigenvalue weighted by atomic mass is 10.1. The monoisotopic (exact) mass is 303 g/mol. The average Bonchev–Trinajstić information content (AvgIpc) is 2.45. The Hall–Kier alpha value is -0.280. The normalized spacial score (nSPS) is 13.3. The van der Waals surface area contributed by atoms with Gasteiger partial charge in [0.2, 0.25) is 0 Å². The van der Waals surface area contributed by atoms with Crippen molar-refractivity contribution >= 4 is 0 Å². The number of unbranched alkanes of at least 4 members (excludes halogenated alkanes) is 1. The Kier molecular flexibility index (Phi) is 14.5. The van der Waals surface area contributed by atoms with E-state index in [1.807, 2.05) is 0 Å². The van der Waals surface area contributed by atoms with E-state index in [-0.39, 0.29) is 6.04 Å².